The first-order valence-electron chi connectivity index (χ1n) is 5.39. The summed E-state index contributed by atoms with van der Waals surface area (Å²) < 4.78 is 12.8. The summed E-state index contributed by atoms with van der Waals surface area (Å²) >= 11 is 11.4. The Morgan fingerprint density at radius 1 is 1.17 bits per heavy atom. The van der Waals surface area contributed by atoms with Crippen LogP contribution in [0.1, 0.15) is 11.1 Å². The quantitative estimate of drug-likeness (QED) is 0.522. The lowest BCUT2D eigenvalue weighted by Crippen LogP contribution is -2.04. The van der Waals surface area contributed by atoms with Gasteiger partial charge in [-0.05, 0) is 35.9 Å². The molecule has 2 N–H and O–H groups in total. The van der Waals surface area contributed by atoms with E-state index in [1.807, 2.05) is 0 Å². The maximum atomic E-state index is 12.8. The van der Waals surface area contributed by atoms with Crippen molar-refractivity contribution in [1.82, 2.24) is 0 Å². The topological polar surface area (TPSA) is 26.0 Å². The molecule has 0 amide bonds. The zero-order chi connectivity index (χ0) is 13.1. The summed E-state index contributed by atoms with van der Waals surface area (Å²) in [6.07, 6.45) is 0.540. The van der Waals surface area contributed by atoms with E-state index in [2.05, 4.69) is 0 Å². The highest BCUT2D eigenvalue weighted by Gasteiger charge is 2.08. The van der Waals surface area contributed by atoms with Crippen molar-refractivity contribution in [2.45, 2.75) is 6.42 Å². The molecule has 18 heavy (non-hydrogen) atoms. The van der Waals surface area contributed by atoms with E-state index >= 15 is 0 Å². The lowest BCUT2D eigenvalue weighted by Gasteiger charge is -2.07. The average molecular weight is 280 g/mol. The van der Waals surface area contributed by atoms with Gasteiger partial charge in [-0.1, -0.05) is 36.0 Å². The fourth-order valence-electron chi connectivity index (χ4n) is 1.64. The Morgan fingerprint density at radius 2 is 1.83 bits per heavy atom. The van der Waals surface area contributed by atoms with Crippen LogP contribution in [-0.4, -0.2) is 4.86 Å². The predicted molar refractivity (Wildman–Crippen MR) is 77.7 cm³/mol. The Balaban J connectivity index is 2.21. The molecule has 0 unspecified atom stereocenters. The molecule has 0 fully saturated rings. The highest BCUT2D eigenvalue weighted by Crippen LogP contribution is 2.21. The van der Waals surface area contributed by atoms with Gasteiger partial charge < -0.3 is 5.73 Å². The van der Waals surface area contributed by atoms with E-state index in [0.717, 1.165) is 11.1 Å². The van der Waals surface area contributed by atoms with Crippen LogP contribution in [-0.2, 0) is 6.42 Å². The minimum absolute atomic E-state index is 0.258. The van der Waals surface area contributed by atoms with E-state index in [1.165, 1.54) is 12.1 Å². The second-order valence-corrected chi connectivity index (χ2v) is 4.87. The molecule has 0 atom stereocenters. The molecular formula is C14H11ClFNS. The first-order valence-corrected chi connectivity index (χ1v) is 6.17. The molecule has 92 valence electrons. The minimum Gasteiger partial charge on any atom is -0.399 e. The molecule has 2 aromatic rings. The van der Waals surface area contributed by atoms with Crippen molar-refractivity contribution in [3.05, 3.63) is 64.4 Å². The molecule has 0 aliphatic rings. The predicted octanol–water partition coefficient (Wildman–Crippen LogP) is 4.02. The summed E-state index contributed by atoms with van der Waals surface area (Å²) in [5.41, 5.74) is 8.04. The maximum absolute atomic E-state index is 12.8. The summed E-state index contributed by atoms with van der Waals surface area (Å²) in [5, 5.41) is 0.580. The van der Waals surface area contributed by atoms with Gasteiger partial charge in [-0.3, -0.25) is 0 Å². The third kappa shape index (κ3) is 3.06. The molecule has 0 spiro atoms. The molecule has 0 aliphatic heterocycles. The summed E-state index contributed by atoms with van der Waals surface area (Å²) in [6.45, 7) is 0. The van der Waals surface area contributed by atoms with Crippen molar-refractivity contribution in [3.8, 4) is 0 Å². The van der Waals surface area contributed by atoms with E-state index in [0.29, 0.717) is 22.0 Å². The van der Waals surface area contributed by atoms with Gasteiger partial charge in [0, 0.05) is 27.6 Å². The van der Waals surface area contributed by atoms with Crippen molar-refractivity contribution < 1.29 is 4.39 Å². The maximum Gasteiger partial charge on any atom is 0.123 e. The molecule has 1 nitrogen and oxygen atoms in total. The zero-order valence-electron chi connectivity index (χ0n) is 9.49. The Hall–Kier alpha value is -1.45. The highest BCUT2D eigenvalue weighted by atomic mass is 35.5. The monoisotopic (exact) mass is 279 g/mol. The third-order valence-electron chi connectivity index (χ3n) is 2.57. The van der Waals surface area contributed by atoms with Crippen molar-refractivity contribution in [2.75, 3.05) is 5.73 Å². The van der Waals surface area contributed by atoms with E-state index in [1.54, 1.807) is 30.3 Å². The van der Waals surface area contributed by atoms with Crippen molar-refractivity contribution in [1.29, 1.82) is 0 Å². The number of halogens is 2. The minimum atomic E-state index is -0.258. The van der Waals surface area contributed by atoms with Gasteiger partial charge in [-0.25, -0.2) is 4.39 Å². The van der Waals surface area contributed by atoms with E-state index in [4.69, 9.17) is 29.6 Å². The van der Waals surface area contributed by atoms with Crippen LogP contribution in [0.5, 0.6) is 0 Å². The van der Waals surface area contributed by atoms with Crippen LogP contribution >= 0.6 is 23.8 Å². The fourth-order valence-corrected chi connectivity index (χ4v) is 2.26. The largest absolute Gasteiger partial charge is 0.399 e. The van der Waals surface area contributed by atoms with Crippen molar-refractivity contribution in [3.63, 3.8) is 0 Å². The second-order valence-electron chi connectivity index (χ2n) is 3.97. The van der Waals surface area contributed by atoms with Crippen LogP contribution in [0.3, 0.4) is 0 Å². The number of anilines is 1. The molecule has 0 heterocycles. The van der Waals surface area contributed by atoms with Gasteiger partial charge >= 0.3 is 0 Å². The number of hydrogen-bond acceptors (Lipinski definition) is 2. The van der Waals surface area contributed by atoms with Gasteiger partial charge in [0.25, 0.3) is 0 Å². The van der Waals surface area contributed by atoms with Crippen LogP contribution in [0.25, 0.3) is 0 Å². The molecule has 0 saturated carbocycles. The number of nitrogen functional groups attached to an aromatic ring is 1. The average Bonchev–Trinajstić information content (AvgIpc) is 2.35. The van der Waals surface area contributed by atoms with Crippen LogP contribution < -0.4 is 5.73 Å². The Morgan fingerprint density at radius 3 is 2.50 bits per heavy atom. The number of hydrogen-bond donors (Lipinski definition) is 1. The first kappa shape index (κ1) is 13.0. The van der Waals surface area contributed by atoms with Gasteiger partial charge in [0.05, 0.1) is 0 Å². The molecule has 2 rings (SSSR count). The number of rotatable bonds is 3. The molecule has 2 aromatic carbocycles. The highest BCUT2D eigenvalue weighted by molar-refractivity contribution is 7.80. The van der Waals surface area contributed by atoms with E-state index < -0.39 is 0 Å². The number of benzene rings is 2. The van der Waals surface area contributed by atoms with Crippen LogP contribution in [0.4, 0.5) is 10.1 Å². The normalized spacial score (nSPS) is 10.3. The Kier molecular flexibility index (Phi) is 3.94. The molecule has 0 bridgehead atoms. The molecular weight excluding hydrogens is 269 g/mol. The Labute approximate surface area is 115 Å². The molecule has 4 heteroatoms. The molecule has 0 aromatic heterocycles. The lowest BCUT2D eigenvalue weighted by atomic mass is 10.0. The van der Waals surface area contributed by atoms with Crippen molar-refractivity contribution >= 4 is 34.4 Å². The van der Waals surface area contributed by atoms with Gasteiger partial charge in [0.2, 0.25) is 0 Å². The van der Waals surface area contributed by atoms with E-state index in [-0.39, 0.29) is 5.82 Å². The standard InChI is InChI=1S/C14H11ClFNS/c15-13-6-5-11(17)8-12(13)14(18)7-9-1-3-10(16)4-2-9/h1-6,8H,7,17H2. The smallest absolute Gasteiger partial charge is 0.123 e. The number of thiocarbonyl (C=S) groups is 1. The zero-order valence-corrected chi connectivity index (χ0v) is 11.1. The van der Waals surface area contributed by atoms with Crippen LogP contribution in [0.2, 0.25) is 5.02 Å². The van der Waals surface area contributed by atoms with Gasteiger partial charge in [-0.15, -0.1) is 0 Å². The molecule has 0 radical (unpaired) electrons. The first-order chi connectivity index (χ1) is 8.56. The SMILES string of the molecule is Nc1ccc(Cl)c(C(=S)Cc2ccc(F)cc2)c1. The van der Waals surface area contributed by atoms with E-state index in [9.17, 15) is 4.39 Å². The van der Waals surface area contributed by atoms with Crippen molar-refractivity contribution in [2.24, 2.45) is 0 Å². The van der Waals surface area contributed by atoms with Crippen LogP contribution in [0, 0.1) is 5.82 Å². The van der Waals surface area contributed by atoms with Gasteiger partial charge in [0.1, 0.15) is 5.82 Å². The summed E-state index contributed by atoms with van der Waals surface area (Å²) in [6, 6.07) is 11.5. The summed E-state index contributed by atoms with van der Waals surface area (Å²) in [5.74, 6) is -0.258. The number of nitrogens with two attached hydrogens (primary N) is 1. The third-order valence-corrected chi connectivity index (χ3v) is 3.26. The molecule has 0 saturated heterocycles. The fraction of sp³-hybridized carbons (Fsp3) is 0.0714. The lowest BCUT2D eigenvalue weighted by molar-refractivity contribution is 0.627. The molecule has 0 aliphatic carbocycles. The van der Waals surface area contributed by atoms with Crippen LogP contribution in [0.15, 0.2) is 42.5 Å². The summed E-state index contributed by atoms with van der Waals surface area (Å²) in [7, 11) is 0. The van der Waals surface area contributed by atoms with Gasteiger partial charge in [-0.2, -0.15) is 0 Å². The summed E-state index contributed by atoms with van der Waals surface area (Å²) in [4.78, 5) is 0.693. The Bertz CT molecular complexity index is 581. The van der Waals surface area contributed by atoms with Gasteiger partial charge in [0.15, 0.2) is 0 Å². The second kappa shape index (κ2) is 5.46.